The largest absolute Gasteiger partial charge is 0.478 e. The molecule has 0 aromatic carbocycles. The zero-order valence-electron chi connectivity index (χ0n) is 12.8. The van der Waals surface area contributed by atoms with Crippen LogP contribution in [0, 0.1) is 5.92 Å². The maximum absolute atomic E-state index is 5.77. The Labute approximate surface area is 117 Å². The summed E-state index contributed by atoms with van der Waals surface area (Å²) in [5.74, 6) is 1.44. The van der Waals surface area contributed by atoms with Crippen molar-refractivity contribution in [2.45, 2.75) is 53.5 Å². The first-order chi connectivity index (χ1) is 9.15. The van der Waals surface area contributed by atoms with Gasteiger partial charge in [-0.1, -0.05) is 27.7 Å². The number of nitrogens with zero attached hydrogens (tertiary/aromatic N) is 1. The molecule has 0 aliphatic rings. The van der Waals surface area contributed by atoms with Crippen LogP contribution in [0.15, 0.2) is 12.1 Å². The van der Waals surface area contributed by atoms with E-state index in [0.29, 0.717) is 5.92 Å². The van der Waals surface area contributed by atoms with Gasteiger partial charge >= 0.3 is 0 Å². The van der Waals surface area contributed by atoms with Gasteiger partial charge in [-0.15, -0.1) is 0 Å². The van der Waals surface area contributed by atoms with Crippen molar-refractivity contribution in [2.24, 2.45) is 5.92 Å². The molecule has 3 nitrogen and oxygen atoms in total. The SMILES string of the molecule is CCCNCc1cc(CC)nc(OCCC(C)C)c1. The number of hydrogen-bond donors (Lipinski definition) is 1. The average Bonchev–Trinajstić information content (AvgIpc) is 2.38. The first-order valence-corrected chi connectivity index (χ1v) is 7.49. The molecule has 0 amide bonds. The van der Waals surface area contributed by atoms with Crippen LogP contribution in [0.4, 0.5) is 0 Å². The van der Waals surface area contributed by atoms with Crippen LogP contribution < -0.4 is 10.1 Å². The van der Waals surface area contributed by atoms with Crippen molar-refractivity contribution in [3.05, 3.63) is 23.4 Å². The van der Waals surface area contributed by atoms with Crippen LogP contribution in [0.25, 0.3) is 0 Å². The zero-order chi connectivity index (χ0) is 14.1. The molecular formula is C16H28N2O. The molecule has 0 radical (unpaired) electrons. The Bertz CT molecular complexity index is 364. The topological polar surface area (TPSA) is 34.2 Å². The summed E-state index contributed by atoms with van der Waals surface area (Å²) >= 11 is 0. The standard InChI is InChI=1S/C16H28N2O/c1-5-8-17-12-14-10-15(6-2)18-16(11-14)19-9-7-13(3)4/h10-11,13,17H,5-9,12H2,1-4H3. The quantitative estimate of drug-likeness (QED) is 0.692. The van der Waals surface area contributed by atoms with Crippen LogP contribution in [-0.4, -0.2) is 18.1 Å². The molecule has 0 aliphatic heterocycles. The molecule has 0 bridgehead atoms. The normalized spacial score (nSPS) is 11.0. The molecule has 0 spiro atoms. The molecule has 0 saturated heterocycles. The second kappa shape index (κ2) is 8.92. The molecule has 0 unspecified atom stereocenters. The van der Waals surface area contributed by atoms with Gasteiger partial charge in [0.25, 0.3) is 0 Å². The Morgan fingerprint density at radius 2 is 2.05 bits per heavy atom. The van der Waals surface area contributed by atoms with Crippen molar-refractivity contribution in [2.75, 3.05) is 13.2 Å². The van der Waals surface area contributed by atoms with Crippen molar-refractivity contribution in [3.63, 3.8) is 0 Å². The summed E-state index contributed by atoms with van der Waals surface area (Å²) in [4.78, 5) is 4.53. The summed E-state index contributed by atoms with van der Waals surface area (Å²) in [7, 11) is 0. The minimum absolute atomic E-state index is 0.667. The van der Waals surface area contributed by atoms with E-state index in [4.69, 9.17) is 4.74 Å². The minimum atomic E-state index is 0.667. The third kappa shape index (κ3) is 6.58. The maximum atomic E-state index is 5.77. The molecule has 1 rings (SSSR count). The molecule has 1 heterocycles. The van der Waals surface area contributed by atoms with Gasteiger partial charge in [-0.3, -0.25) is 0 Å². The van der Waals surface area contributed by atoms with Gasteiger partial charge in [0.1, 0.15) is 0 Å². The highest BCUT2D eigenvalue weighted by molar-refractivity contribution is 5.25. The highest BCUT2D eigenvalue weighted by Crippen LogP contribution is 2.14. The van der Waals surface area contributed by atoms with E-state index >= 15 is 0 Å². The minimum Gasteiger partial charge on any atom is -0.478 e. The van der Waals surface area contributed by atoms with Crippen LogP contribution in [0.1, 0.15) is 51.8 Å². The van der Waals surface area contributed by atoms with E-state index in [1.165, 1.54) is 5.56 Å². The van der Waals surface area contributed by atoms with Crippen LogP contribution in [0.2, 0.25) is 0 Å². The van der Waals surface area contributed by atoms with Crippen molar-refractivity contribution in [3.8, 4) is 5.88 Å². The summed E-state index contributed by atoms with van der Waals surface area (Å²) in [6.07, 6.45) is 3.17. The number of aromatic nitrogens is 1. The van der Waals surface area contributed by atoms with Gasteiger partial charge in [0.15, 0.2) is 0 Å². The van der Waals surface area contributed by atoms with Crippen LogP contribution >= 0.6 is 0 Å². The van der Waals surface area contributed by atoms with E-state index in [2.05, 4.69) is 50.1 Å². The molecule has 0 atom stereocenters. The number of hydrogen-bond acceptors (Lipinski definition) is 3. The zero-order valence-corrected chi connectivity index (χ0v) is 12.8. The fraction of sp³-hybridized carbons (Fsp3) is 0.688. The monoisotopic (exact) mass is 264 g/mol. The Kier molecular flexibility index (Phi) is 7.49. The lowest BCUT2D eigenvalue weighted by Gasteiger charge is -2.11. The lowest BCUT2D eigenvalue weighted by atomic mass is 10.1. The van der Waals surface area contributed by atoms with Crippen LogP contribution in [-0.2, 0) is 13.0 Å². The number of rotatable bonds is 9. The van der Waals surface area contributed by atoms with E-state index in [-0.39, 0.29) is 0 Å². The third-order valence-electron chi connectivity index (χ3n) is 2.98. The summed E-state index contributed by atoms with van der Waals surface area (Å²) in [5.41, 5.74) is 2.37. The Morgan fingerprint density at radius 3 is 2.68 bits per heavy atom. The number of nitrogens with one attached hydrogen (secondary N) is 1. The van der Waals surface area contributed by atoms with Crippen molar-refractivity contribution in [1.29, 1.82) is 0 Å². The van der Waals surface area contributed by atoms with E-state index in [0.717, 1.165) is 50.5 Å². The van der Waals surface area contributed by atoms with E-state index in [1.807, 2.05) is 0 Å². The number of ether oxygens (including phenoxy) is 1. The molecule has 0 saturated carbocycles. The van der Waals surface area contributed by atoms with E-state index in [9.17, 15) is 0 Å². The van der Waals surface area contributed by atoms with Gasteiger partial charge in [-0.25, -0.2) is 4.98 Å². The summed E-state index contributed by atoms with van der Waals surface area (Å²) in [6, 6.07) is 4.22. The molecule has 3 heteroatoms. The van der Waals surface area contributed by atoms with Gasteiger partial charge in [-0.05, 0) is 43.4 Å². The molecule has 1 aromatic heterocycles. The summed E-state index contributed by atoms with van der Waals surface area (Å²) < 4.78 is 5.77. The third-order valence-corrected chi connectivity index (χ3v) is 2.98. The molecule has 1 aromatic rings. The summed E-state index contributed by atoms with van der Waals surface area (Å²) in [6.45, 7) is 11.4. The predicted octanol–water partition coefficient (Wildman–Crippen LogP) is 3.57. The van der Waals surface area contributed by atoms with Gasteiger partial charge < -0.3 is 10.1 Å². The predicted molar refractivity (Wildman–Crippen MR) is 80.6 cm³/mol. The van der Waals surface area contributed by atoms with Crippen LogP contribution in [0.3, 0.4) is 0 Å². The average molecular weight is 264 g/mol. The lowest BCUT2D eigenvalue weighted by Crippen LogP contribution is -2.14. The van der Waals surface area contributed by atoms with Gasteiger partial charge in [0.2, 0.25) is 5.88 Å². The Morgan fingerprint density at radius 1 is 1.26 bits per heavy atom. The lowest BCUT2D eigenvalue weighted by molar-refractivity contribution is 0.278. The fourth-order valence-corrected chi connectivity index (χ4v) is 1.79. The highest BCUT2D eigenvalue weighted by atomic mass is 16.5. The molecule has 19 heavy (non-hydrogen) atoms. The maximum Gasteiger partial charge on any atom is 0.213 e. The Balaban J connectivity index is 2.60. The molecule has 1 N–H and O–H groups in total. The summed E-state index contributed by atoms with van der Waals surface area (Å²) in [5, 5.41) is 3.42. The van der Waals surface area contributed by atoms with E-state index in [1.54, 1.807) is 0 Å². The molecule has 0 aliphatic carbocycles. The second-order valence-electron chi connectivity index (χ2n) is 5.37. The van der Waals surface area contributed by atoms with Crippen molar-refractivity contribution < 1.29 is 4.74 Å². The van der Waals surface area contributed by atoms with Gasteiger partial charge in [0, 0.05) is 18.3 Å². The molecular weight excluding hydrogens is 236 g/mol. The van der Waals surface area contributed by atoms with Crippen molar-refractivity contribution in [1.82, 2.24) is 10.3 Å². The number of pyridine rings is 1. The Hall–Kier alpha value is -1.09. The molecule has 0 fully saturated rings. The first-order valence-electron chi connectivity index (χ1n) is 7.49. The highest BCUT2D eigenvalue weighted by Gasteiger charge is 2.03. The van der Waals surface area contributed by atoms with E-state index < -0.39 is 0 Å². The van der Waals surface area contributed by atoms with Crippen LogP contribution in [0.5, 0.6) is 5.88 Å². The van der Waals surface area contributed by atoms with Gasteiger partial charge in [-0.2, -0.15) is 0 Å². The smallest absolute Gasteiger partial charge is 0.213 e. The number of aryl methyl sites for hydroxylation is 1. The first kappa shape index (κ1) is 16.0. The molecule has 108 valence electrons. The second-order valence-corrected chi connectivity index (χ2v) is 5.37. The van der Waals surface area contributed by atoms with Crippen molar-refractivity contribution >= 4 is 0 Å². The fourth-order valence-electron chi connectivity index (χ4n) is 1.79. The van der Waals surface area contributed by atoms with Gasteiger partial charge in [0.05, 0.1) is 6.61 Å².